The molecule has 0 aliphatic rings. The second-order valence-electron chi connectivity index (χ2n) is 6.52. The van der Waals surface area contributed by atoms with Crippen molar-refractivity contribution in [3.63, 3.8) is 0 Å². The van der Waals surface area contributed by atoms with Crippen molar-refractivity contribution in [2.75, 3.05) is 11.9 Å². The molecule has 3 rings (SSSR count). The molecule has 1 N–H and O–H groups in total. The Morgan fingerprint density at radius 2 is 1.90 bits per heavy atom. The van der Waals surface area contributed by atoms with Crippen LogP contribution in [0.15, 0.2) is 53.9 Å². The second kappa shape index (κ2) is 9.36. The highest BCUT2D eigenvalue weighted by Crippen LogP contribution is 2.27. The lowest BCUT2D eigenvalue weighted by Crippen LogP contribution is -2.33. The molecule has 0 radical (unpaired) electrons. The van der Waals surface area contributed by atoms with Crippen LogP contribution in [-0.4, -0.2) is 31.2 Å². The molecule has 3 aromatic rings. The number of sulfone groups is 1. The quantitative estimate of drug-likeness (QED) is 0.556. The van der Waals surface area contributed by atoms with Crippen LogP contribution in [-0.2, 0) is 20.4 Å². The zero-order valence-corrected chi connectivity index (χ0v) is 18.1. The van der Waals surface area contributed by atoms with E-state index in [2.05, 4.69) is 10.3 Å². The fourth-order valence-electron chi connectivity index (χ4n) is 2.66. The molecule has 0 saturated carbocycles. The summed E-state index contributed by atoms with van der Waals surface area (Å²) in [7, 11) is -3.84. The largest absolute Gasteiger partial charge is 0.494 e. The molecule has 0 bridgehead atoms. The second-order valence-corrected chi connectivity index (χ2v) is 9.70. The summed E-state index contributed by atoms with van der Waals surface area (Å²) in [6, 6.07) is 12.9. The highest BCUT2D eigenvalue weighted by atomic mass is 32.2. The van der Waals surface area contributed by atoms with Gasteiger partial charge in [0.1, 0.15) is 21.8 Å². The first kappa shape index (κ1) is 21.9. The summed E-state index contributed by atoms with van der Waals surface area (Å²) in [5, 5.41) is 3.30. The number of nitrogens with one attached hydrogen (secondary N) is 1. The Kier molecular flexibility index (Phi) is 6.84. The summed E-state index contributed by atoms with van der Waals surface area (Å²) >= 11 is 1.32. The number of carbonyl (C=O) groups is 1. The van der Waals surface area contributed by atoms with Gasteiger partial charge in [-0.25, -0.2) is 17.8 Å². The molecule has 30 heavy (non-hydrogen) atoms. The van der Waals surface area contributed by atoms with Crippen LogP contribution in [0.2, 0.25) is 0 Å². The number of benzene rings is 2. The Hall–Kier alpha value is -2.78. The van der Waals surface area contributed by atoms with Crippen LogP contribution in [0.25, 0.3) is 10.6 Å². The molecule has 0 aliphatic carbocycles. The third kappa shape index (κ3) is 5.22. The van der Waals surface area contributed by atoms with Gasteiger partial charge in [0.2, 0.25) is 5.91 Å². The van der Waals surface area contributed by atoms with Crippen molar-refractivity contribution in [3.8, 4) is 16.3 Å². The number of aromatic nitrogens is 1. The number of carbonyl (C=O) groups excluding carboxylic acids is 1. The molecular formula is C21H21FN2O4S2. The zero-order valence-electron chi connectivity index (χ0n) is 16.5. The van der Waals surface area contributed by atoms with Gasteiger partial charge in [-0.05, 0) is 50.2 Å². The lowest BCUT2D eigenvalue weighted by Gasteiger charge is -2.13. The predicted molar refractivity (Wildman–Crippen MR) is 116 cm³/mol. The van der Waals surface area contributed by atoms with Crippen LogP contribution in [0.3, 0.4) is 0 Å². The van der Waals surface area contributed by atoms with Crippen molar-refractivity contribution in [2.24, 2.45) is 0 Å². The number of halogens is 1. The lowest BCUT2D eigenvalue weighted by atomic mass is 10.2. The number of amides is 1. The highest BCUT2D eigenvalue weighted by molar-refractivity contribution is 7.92. The standard InChI is InChI=1S/C21H21FN2O4S2/c1-3-28-17-10-8-15(9-11-17)21-23-16(12-29-21)13-30(26,27)14(2)20(25)24-19-7-5-4-6-18(19)22/h4-12,14H,3,13H2,1-2H3,(H,24,25). The molecule has 0 aliphatic heterocycles. The van der Waals surface area contributed by atoms with Gasteiger partial charge in [-0.15, -0.1) is 11.3 Å². The average molecular weight is 449 g/mol. The van der Waals surface area contributed by atoms with Crippen LogP contribution in [0.1, 0.15) is 19.5 Å². The molecule has 0 saturated heterocycles. The summed E-state index contributed by atoms with van der Waals surface area (Å²) in [5.74, 6) is -1.06. The van der Waals surface area contributed by atoms with E-state index in [1.165, 1.54) is 36.5 Å². The first-order chi connectivity index (χ1) is 14.3. The maximum Gasteiger partial charge on any atom is 0.242 e. The number of anilines is 1. The van der Waals surface area contributed by atoms with Crippen LogP contribution in [0.4, 0.5) is 10.1 Å². The lowest BCUT2D eigenvalue weighted by molar-refractivity contribution is -0.115. The van der Waals surface area contributed by atoms with Crippen LogP contribution < -0.4 is 10.1 Å². The van der Waals surface area contributed by atoms with E-state index in [4.69, 9.17) is 4.74 Å². The fraction of sp³-hybridized carbons (Fsp3) is 0.238. The highest BCUT2D eigenvalue weighted by Gasteiger charge is 2.29. The van der Waals surface area contributed by atoms with Crippen molar-refractivity contribution >= 4 is 32.8 Å². The number of ether oxygens (including phenoxy) is 1. The molecule has 1 aromatic heterocycles. The molecule has 6 nitrogen and oxygen atoms in total. The maximum atomic E-state index is 13.7. The molecule has 2 aromatic carbocycles. The van der Waals surface area contributed by atoms with Crippen LogP contribution in [0.5, 0.6) is 5.75 Å². The molecule has 0 fully saturated rings. The van der Waals surface area contributed by atoms with E-state index in [0.717, 1.165) is 11.3 Å². The zero-order chi connectivity index (χ0) is 21.7. The van der Waals surface area contributed by atoms with Gasteiger partial charge >= 0.3 is 0 Å². The molecule has 0 spiro atoms. The topological polar surface area (TPSA) is 85.4 Å². The maximum absolute atomic E-state index is 13.7. The summed E-state index contributed by atoms with van der Waals surface area (Å²) in [5.41, 5.74) is 1.14. The number of hydrogen-bond donors (Lipinski definition) is 1. The van der Waals surface area contributed by atoms with Gasteiger partial charge in [0.05, 0.1) is 23.7 Å². The molecule has 158 valence electrons. The summed E-state index contributed by atoms with van der Waals surface area (Å²) in [6.45, 7) is 3.76. The Morgan fingerprint density at radius 3 is 2.57 bits per heavy atom. The van der Waals surface area contributed by atoms with Gasteiger partial charge in [0.25, 0.3) is 0 Å². The summed E-state index contributed by atoms with van der Waals surface area (Å²) in [4.78, 5) is 16.7. The van der Waals surface area contributed by atoms with Gasteiger partial charge < -0.3 is 10.1 Å². The summed E-state index contributed by atoms with van der Waals surface area (Å²) < 4.78 is 44.5. The van der Waals surface area contributed by atoms with Gasteiger partial charge in [-0.1, -0.05) is 12.1 Å². The van der Waals surface area contributed by atoms with Crippen molar-refractivity contribution in [1.29, 1.82) is 0 Å². The van der Waals surface area contributed by atoms with E-state index in [-0.39, 0.29) is 11.4 Å². The number of rotatable bonds is 8. The van der Waals surface area contributed by atoms with Gasteiger partial charge in [0, 0.05) is 10.9 Å². The Morgan fingerprint density at radius 1 is 1.20 bits per heavy atom. The molecule has 1 amide bonds. The average Bonchev–Trinajstić information content (AvgIpc) is 3.17. The number of hydrogen-bond acceptors (Lipinski definition) is 6. The van der Waals surface area contributed by atoms with E-state index >= 15 is 0 Å². The van der Waals surface area contributed by atoms with Gasteiger partial charge in [0.15, 0.2) is 9.84 Å². The molecule has 1 unspecified atom stereocenters. The third-order valence-electron chi connectivity index (χ3n) is 4.35. The van der Waals surface area contributed by atoms with Crippen molar-refractivity contribution in [2.45, 2.75) is 24.9 Å². The van der Waals surface area contributed by atoms with Crippen LogP contribution >= 0.6 is 11.3 Å². The van der Waals surface area contributed by atoms with E-state index < -0.39 is 26.8 Å². The number of nitrogens with zero attached hydrogens (tertiary/aromatic N) is 1. The minimum absolute atomic E-state index is 0.0593. The van der Waals surface area contributed by atoms with E-state index in [9.17, 15) is 17.6 Å². The minimum atomic E-state index is -3.84. The van der Waals surface area contributed by atoms with Crippen molar-refractivity contribution < 1.29 is 22.3 Å². The van der Waals surface area contributed by atoms with E-state index in [1.807, 2.05) is 31.2 Å². The fourth-order valence-corrected chi connectivity index (χ4v) is 4.78. The van der Waals surface area contributed by atoms with Gasteiger partial charge in [-0.2, -0.15) is 0 Å². The Bertz CT molecular complexity index is 1130. The minimum Gasteiger partial charge on any atom is -0.494 e. The van der Waals surface area contributed by atoms with Crippen LogP contribution in [0, 0.1) is 5.82 Å². The Balaban J connectivity index is 1.69. The molecule has 1 heterocycles. The molecular weight excluding hydrogens is 427 g/mol. The van der Waals surface area contributed by atoms with E-state index in [0.29, 0.717) is 17.3 Å². The molecule has 9 heteroatoms. The number of thiazole rings is 1. The normalized spacial score (nSPS) is 12.4. The first-order valence-corrected chi connectivity index (χ1v) is 11.8. The third-order valence-corrected chi connectivity index (χ3v) is 7.28. The molecule has 1 atom stereocenters. The van der Waals surface area contributed by atoms with Gasteiger partial charge in [-0.3, -0.25) is 4.79 Å². The first-order valence-electron chi connectivity index (χ1n) is 9.24. The summed E-state index contributed by atoms with van der Waals surface area (Å²) in [6.07, 6.45) is 0. The van der Waals surface area contributed by atoms with E-state index in [1.54, 1.807) is 11.4 Å². The number of para-hydroxylation sites is 1. The SMILES string of the molecule is CCOc1ccc(-c2nc(CS(=O)(=O)C(C)C(=O)Nc3ccccc3F)cs2)cc1. The smallest absolute Gasteiger partial charge is 0.242 e. The van der Waals surface area contributed by atoms with Crippen molar-refractivity contribution in [1.82, 2.24) is 4.98 Å². The monoisotopic (exact) mass is 448 g/mol. The van der Waals surface area contributed by atoms with Crippen molar-refractivity contribution in [3.05, 3.63) is 65.4 Å². The Labute approximate surface area is 178 Å². The predicted octanol–water partition coefficient (Wildman–Crippen LogP) is 4.29.